The molecule has 1 aliphatic heterocycles. The molecule has 0 radical (unpaired) electrons. The number of benzene rings is 1. The number of guanidine groups is 1. The van der Waals surface area contributed by atoms with E-state index in [2.05, 4.69) is 15.6 Å². The van der Waals surface area contributed by atoms with Crippen LogP contribution in [0, 0.1) is 0 Å². The van der Waals surface area contributed by atoms with Gasteiger partial charge in [0.05, 0.1) is 19.1 Å². The second kappa shape index (κ2) is 9.96. The molecule has 2 aliphatic rings. The summed E-state index contributed by atoms with van der Waals surface area (Å²) in [4.78, 5) is 19.2. The third kappa shape index (κ3) is 5.85. The molecule has 1 amide bonds. The zero-order chi connectivity index (χ0) is 16.8. The van der Waals surface area contributed by atoms with Crippen LogP contribution in [0.5, 0.6) is 0 Å². The molecule has 25 heavy (non-hydrogen) atoms. The molecule has 2 fully saturated rings. The van der Waals surface area contributed by atoms with Crippen LogP contribution in [0.15, 0.2) is 35.3 Å². The molecule has 138 valence electrons. The number of hydrogen-bond acceptors (Lipinski definition) is 3. The summed E-state index contributed by atoms with van der Waals surface area (Å²) in [6, 6.07) is 10.5. The van der Waals surface area contributed by atoms with Crippen LogP contribution in [-0.2, 0) is 9.53 Å². The van der Waals surface area contributed by atoms with Crippen molar-refractivity contribution < 1.29 is 9.53 Å². The quantitative estimate of drug-likeness (QED) is 0.400. The summed E-state index contributed by atoms with van der Waals surface area (Å²) in [7, 11) is 1.76. The number of halogens is 1. The van der Waals surface area contributed by atoms with Gasteiger partial charge >= 0.3 is 0 Å². The van der Waals surface area contributed by atoms with E-state index in [1.165, 1.54) is 12.8 Å². The smallest absolute Gasteiger partial charge is 0.232 e. The van der Waals surface area contributed by atoms with Gasteiger partial charge in [0, 0.05) is 32.7 Å². The molecule has 6 nitrogen and oxygen atoms in total. The van der Waals surface area contributed by atoms with Crippen molar-refractivity contribution in [2.75, 3.05) is 39.9 Å². The Morgan fingerprint density at radius 3 is 2.56 bits per heavy atom. The number of amides is 1. The number of morpholine rings is 1. The van der Waals surface area contributed by atoms with Crippen LogP contribution in [-0.4, -0.2) is 62.7 Å². The van der Waals surface area contributed by atoms with Crippen molar-refractivity contribution in [1.29, 1.82) is 0 Å². The number of nitrogens with one attached hydrogen (secondary N) is 2. The number of hydrogen-bond donors (Lipinski definition) is 2. The molecular formula is C18H27IN4O2. The number of nitrogens with zero attached hydrogens (tertiary/aromatic N) is 2. The highest BCUT2D eigenvalue weighted by Gasteiger charge is 2.28. The Balaban J connectivity index is 0.00000225. The summed E-state index contributed by atoms with van der Waals surface area (Å²) in [6.07, 6.45) is 2.38. The topological polar surface area (TPSA) is 66.0 Å². The summed E-state index contributed by atoms with van der Waals surface area (Å²) in [5.41, 5.74) is 1.03. The monoisotopic (exact) mass is 458 g/mol. The fraction of sp³-hybridized carbons (Fsp3) is 0.556. The van der Waals surface area contributed by atoms with Gasteiger partial charge in [-0.2, -0.15) is 0 Å². The van der Waals surface area contributed by atoms with Crippen molar-refractivity contribution in [2.45, 2.75) is 24.8 Å². The molecule has 2 N–H and O–H groups in total. The fourth-order valence-electron chi connectivity index (χ4n) is 2.85. The highest BCUT2D eigenvalue weighted by atomic mass is 127. The van der Waals surface area contributed by atoms with Crippen molar-refractivity contribution in [3.63, 3.8) is 0 Å². The van der Waals surface area contributed by atoms with Crippen molar-refractivity contribution >= 4 is 35.8 Å². The lowest BCUT2D eigenvalue weighted by atomic mass is 9.97. The predicted octanol–water partition coefficient (Wildman–Crippen LogP) is 1.57. The second-order valence-corrected chi connectivity index (χ2v) is 6.27. The van der Waals surface area contributed by atoms with Crippen molar-refractivity contribution in [1.82, 2.24) is 15.5 Å². The molecule has 1 saturated carbocycles. The minimum absolute atomic E-state index is 0. The minimum Gasteiger partial charge on any atom is -0.378 e. The lowest BCUT2D eigenvalue weighted by Gasteiger charge is -2.31. The normalized spacial score (nSPS) is 18.9. The number of aliphatic imine (C=N–C) groups is 1. The average molecular weight is 458 g/mol. The van der Waals surface area contributed by atoms with Crippen LogP contribution in [0.1, 0.15) is 24.3 Å². The Bertz CT molecular complexity index is 572. The number of rotatable bonds is 5. The van der Waals surface area contributed by atoms with Gasteiger partial charge in [-0.3, -0.25) is 9.79 Å². The summed E-state index contributed by atoms with van der Waals surface area (Å²) >= 11 is 0. The summed E-state index contributed by atoms with van der Waals surface area (Å²) in [6.45, 7) is 3.10. The maximum atomic E-state index is 13.0. The van der Waals surface area contributed by atoms with E-state index in [1.54, 1.807) is 7.05 Å². The standard InChI is InChI=1S/C18H26N4O2.HI/c1-19-18(21-15-7-8-15)20-13-16(14-5-3-2-4-6-14)17(23)22-9-11-24-12-10-22;/h2-6,15-16H,7-13H2,1H3,(H2,19,20,21);1H. The molecule has 1 unspecified atom stereocenters. The highest BCUT2D eigenvalue weighted by molar-refractivity contribution is 14.0. The van der Waals surface area contributed by atoms with Gasteiger partial charge in [-0.15, -0.1) is 24.0 Å². The van der Waals surface area contributed by atoms with Gasteiger partial charge in [-0.1, -0.05) is 30.3 Å². The van der Waals surface area contributed by atoms with Crippen molar-refractivity contribution in [3.8, 4) is 0 Å². The Morgan fingerprint density at radius 1 is 1.28 bits per heavy atom. The number of carbonyl (C=O) groups excluding carboxylic acids is 1. The molecule has 1 saturated heterocycles. The predicted molar refractivity (Wildman–Crippen MR) is 110 cm³/mol. The van der Waals surface area contributed by atoms with Gasteiger partial charge in [0.1, 0.15) is 0 Å². The van der Waals surface area contributed by atoms with Crippen LogP contribution < -0.4 is 10.6 Å². The third-order valence-electron chi connectivity index (χ3n) is 4.44. The molecule has 0 bridgehead atoms. The zero-order valence-corrected chi connectivity index (χ0v) is 16.9. The SMILES string of the molecule is CN=C(NCC(C(=O)N1CCOCC1)c1ccccc1)NC1CC1.I. The first-order valence-corrected chi connectivity index (χ1v) is 8.66. The molecule has 1 aliphatic carbocycles. The lowest BCUT2D eigenvalue weighted by molar-refractivity contribution is -0.136. The molecule has 1 heterocycles. The van der Waals surface area contributed by atoms with Crippen molar-refractivity contribution in [3.05, 3.63) is 35.9 Å². The third-order valence-corrected chi connectivity index (χ3v) is 4.44. The summed E-state index contributed by atoms with van der Waals surface area (Å²) in [5, 5.41) is 6.68. The highest BCUT2D eigenvalue weighted by Crippen LogP contribution is 2.20. The van der Waals surface area contributed by atoms with Gasteiger partial charge in [0.2, 0.25) is 5.91 Å². The van der Waals surface area contributed by atoms with E-state index in [0.29, 0.717) is 38.9 Å². The van der Waals surface area contributed by atoms with E-state index in [9.17, 15) is 4.79 Å². The van der Waals surface area contributed by atoms with E-state index in [1.807, 2.05) is 35.2 Å². The first kappa shape index (κ1) is 20.0. The maximum Gasteiger partial charge on any atom is 0.232 e. The number of carbonyl (C=O) groups is 1. The molecule has 3 rings (SSSR count). The van der Waals surface area contributed by atoms with Crippen LogP contribution in [0.2, 0.25) is 0 Å². The molecule has 7 heteroatoms. The van der Waals surface area contributed by atoms with Gasteiger partial charge in [-0.05, 0) is 18.4 Å². The van der Waals surface area contributed by atoms with Crippen molar-refractivity contribution in [2.24, 2.45) is 4.99 Å². The average Bonchev–Trinajstić information content (AvgIpc) is 3.46. The molecular weight excluding hydrogens is 431 g/mol. The van der Waals surface area contributed by atoms with Crippen LogP contribution in [0.25, 0.3) is 0 Å². The van der Waals surface area contributed by atoms with Gasteiger partial charge in [0.15, 0.2) is 5.96 Å². The van der Waals surface area contributed by atoms with E-state index in [0.717, 1.165) is 11.5 Å². The van der Waals surface area contributed by atoms with Gasteiger partial charge < -0.3 is 20.3 Å². The lowest BCUT2D eigenvalue weighted by Crippen LogP contribution is -2.47. The van der Waals surface area contributed by atoms with E-state index < -0.39 is 0 Å². The Hall–Kier alpha value is -1.35. The molecule has 0 aromatic heterocycles. The first-order chi connectivity index (χ1) is 11.8. The van der Waals surface area contributed by atoms with Crippen LogP contribution in [0.3, 0.4) is 0 Å². The largest absolute Gasteiger partial charge is 0.378 e. The van der Waals surface area contributed by atoms with Crippen LogP contribution >= 0.6 is 24.0 Å². The molecule has 1 aromatic rings. The zero-order valence-electron chi connectivity index (χ0n) is 14.6. The van der Waals surface area contributed by atoms with Gasteiger partial charge in [-0.25, -0.2) is 0 Å². The van der Waals surface area contributed by atoms with Crippen LogP contribution in [0.4, 0.5) is 0 Å². The van der Waals surface area contributed by atoms with Gasteiger partial charge in [0.25, 0.3) is 0 Å². The Kier molecular flexibility index (Phi) is 7.95. The fourth-order valence-corrected chi connectivity index (χ4v) is 2.85. The minimum atomic E-state index is -0.220. The first-order valence-electron chi connectivity index (χ1n) is 8.66. The molecule has 1 atom stereocenters. The molecule has 1 aromatic carbocycles. The van der Waals surface area contributed by atoms with E-state index in [4.69, 9.17) is 4.74 Å². The second-order valence-electron chi connectivity index (χ2n) is 6.27. The maximum absolute atomic E-state index is 13.0. The Labute approximate surface area is 166 Å². The molecule has 0 spiro atoms. The van der Waals surface area contributed by atoms with E-state index >= 15 is 0 Å². The number of ether oxygens (including phenoxy) is 1. The van der Waals surface area contributed by atoms with E-state index in [-0.39, 0.29) is 35.8 Å². The summed E-state index contributed by atoms with van der Waals surface area (Å²) in [5.74, 6) is 0.703. The summed E-state index contributed by atoms with van der Waals surface area (Å²) < 4.78 is 5.36. The Morgan fingerprint density at radius 2 is 1.96 bits per heavy atom.